The highest BCUT2D eigenvalue weighted by molar-refractivity contribution is 9.10. The van der Waals surface area contributed by atoms with E-state index in [1.54, 1.807) is 0 Å². The molecule has 0 radical (unpaired) electrons. The number of benzene rings is 1. The van der Waals surface area contributed by atoms with E-state index >= 15 is 0 Å². The zero-order valence-electron chi connectivity index (χ0n) is 10.5. The first kappa shape index (κ1) is 13.9. The molecular weight excluding hydrogens is 310 g/mol. The van der Waals surface area contributed by atoms with Crippen molar-refractivity contribution in [1.82, 2.24) is 4.90 Å². The monoisotopic (exact) mass is 327 g/mol. The molecule has 0 bridgehead atoms. The lowest BCUT2D eigenvalue weighted by molar-refractivity contribution is 0.0685. The van der Waals surface area contributed by atoms with Gasteiger partial charge in [0.05, 0.1) is 5.56 Å². The molecule has 0 aliphatic carbocycles. The van der Waals surface area contributed by atoms with Crippen LogP contribution in [0.1, 0.15) is 36.5 Å². The molecule has 0 aromatic heterocycles. The van der Waals surface area contributed by atoms with Gasteiger partial charge in [-0.3, -0.25) is 4.79 Å². The Kier molecular flexibility index (Phi) is 4.73. The first-order valence-corrected chi connectivity index (χ1v) is 7.63. The third-order valence-corrected chi connectivity index (χ3v) is 4.53. The van der Waals surface area contributed by atoms with Crippen LogP contribution in [0.4, 0.5) is 0 Å². The zero-order valence-corrected chi connectivity index (χ0v) is 13.0. The second-order valence-electron chi connectivity index (χ2n) is 4.81. The molecule has 0 N–H and O–H groups in total. The summed E-state index contributed by atoms with van der Waals surface area (Å²) in [5, 5.41) is 0. The van der Waals surface area contributed by atoms with Crippen molar-refractivity contribution in [2.24, 2.45) is 5.92 Å². The summed E-state index contributed by atoms with van der Waals surface area (Å²) in [6, 6.07) is 5.61. The van der Waals surface area contributed by atoms with E-state index < -0.39 is 0 Å². The zero-order chi connectivity index (χ0) is 13.1. The van der Waals surface area contributed by atoms with Crippen LogP contribution in [0.3, 0.4) is 0 Å². The lowest BCUT2D eigenvalue weighted by Crippen LogP contribution is -2.38. The number of thiol groups is 1. The van der Waals surface area contributed by atoms with Crippen molar-refractivity contribution in [3.05, 3.63) is 28.2 Å². The highest BCUT2D eigenvalue weighted by Crippen LogP contribution is 2.25. The number of hydrogen-bond acceptors (Lipinski definition) is 2. The van der Waals surface area contributed by atoms with E-state index in [2.05, 4.69) is 35.5 Å². The smallest absolute Gasteiger partial charge is 0.254 e. The lowest BCUT2D eigenvalue weighted by atomic mass is 9.94. The van der Waals surface area contributed by atoms with Gasteiger partial charge in [-0.25, -0.2) is 0 Å². The van der Waals surface area contributed by atoms with Crippen LogP contribution in [0.15, 0.2) is 27.6 Å². The molecule has 1 saturated heterocycles. The molecule has 1 aromatic rings. The van der Waals surface area contributed by atoms with Crippen molar-refractivity contribution in [2.45, 2.75) is 31.1 Å². The lowest BCUT2D eigenvalue weighted by Gasteiger charge is -2.31. The van der Waals surface area contributed by atoms with Gasteiger partial charge in [0.15, 0.2) is 0 Å². The average molecular weight is 328 g/mol. The van der Waals surface area contributed by atoms with Crippen molar-refractivity contribution in [3.63, 3.8) is 0 Å². The molecule has 2 nitrogen and oxygen atoms in total. The third kappa shape index (κ3) is 3.09. The van der Waals surface area contributed by atoms with Gasteiger partial charge in [-0.1, -0.05) is 29.3 Å². The fourth-order valence-electron chi connectivity index (χ4n) is 2.40. The maximum atomic E-state index is 12.4. The second kappa shape index (κ2) is 6.11. The standard InChI is InChI=1S/C14H18BrNOS/c1-2-10-5-7-16(8-6-10)14(17)12-4-3-11(15)9-13(12)18/h3-4,9-10,18H,2,5-8H2,1H3. The van der Waals surface area contributed by atoms with Crippen LogP contribution in [-0.4, -0.2) is 23.9 Å². The van der Waals surface area contributed by atoms with Gasteiger partial charge >= 0.3 is 0 Å². The molecule has 1 aromatic carbocycles. The Balaban J connectivity index is 2.08. The maximum Gasteiger partial charge on any atom is 0.254 e. The van der Waals surface area contributed by atoms with E-state index in [0.717, 1.165) is 41.2 Å². The van der Waals surface area contributed by atoms with Crippen LogP contribution in [-0.2, 0) is 0 Å². The summed E-state index contributed by atoms with van der Waals surface area (Å²) in [7, 11) is 0. The van der Waals surface area contributed by atoms with Crippen molar-refractivity contribution in [2.75, 3.05) is 13.1 Å². The van der Waals surface area contributed by atoms with Crippen LogP contribution in [0, 0.1) is 5.92 Å². The Morgan fingerprint density at radius 1 is 1.44 bits per heavy atom. The largest absolute Gasteiger partial charge is 0.339 e. The number of likely N-dealkylation sites (tertiary alicyclic amines) is 1. The molecule has 1 amide bonds. The van der Waals surface area contributed by atoms with Gasteiger partial charge in [0.1, 0.15) is 0 Å². The van der Waals surface area contributed by atoms with Crippen molar-refractivity contribution < 1.29 is 4.79 Å². The minimum atomic E-state index is 0.113. The van der Waals surface area contributed by atoms with Crippen LogP contribution in [0.2, 0.25) is 0 Å². The van der Waals surface area contributed by atoms with Gasteiger partial charge in [-0.15, -0.1) is 12.6 Å². The van der Waals surface area contributed by atoms with E-state index in [4.69, 9.17) is 0 Å². The molecule has 4 heteroatoms. The Morgan fingerprint density at radius 3 is 2.67 bits per heavy atom. The normalized spacial score (nSPS) is 16.9. The molecule has 1 aliphatic rings. The first-order valence-electron chi connectivity index (χ1n) is 6.39. The second-order valence-corrected chi connectivity index (χ2v) is 6.20. The molecule has 0 spiro atoms. The molecule has 2 rings (SSSR count). The molecule has 0 unspecified atom stereocenters. The van der Waals surface area contributed by atoms with Gasteiger partial charge < -0.3 is 4.90 Å². The summed E-state index contributed by atoms with van der Waals surface area (Å²) in [6.45, 7) is 3.98. The summed E-state index contributed by atoms with van der Waals surface area (Å²) in [5.74, 6) is 0.900. The minimum absolute atomic E-state index is 0.113. The van der Waals surface area contributed by atoms with Gasteiger partial charge in [0.25, 0.3) is 5.91 Å². The number of hydrogen-bond donors (Lipinski definition) is 1. The molecule has 1 heterocycles. The number of rotatable bonds is 2. The van der Waals surface area contributed by atoms with Gasteiger partial charge in [-0.2, -0.15) is 0 Å². The number of halogens is 1. The Morgan fingerprint density at radius 2 is 2.11 bits per heavy atom. The SMILES string of the molecule is CCC1CCN(C(=O)c2ccc(Br)cc2S)CC1. The predicted octanol–water partition coefficient (Wildman–Crippen LogP) is 4.00. The molecule has 0 saturated carbocycles. The molecule has 0 atom stereocenters. The van der Waals surface area contributed by atoms with E-state index in [1.807, 2.05) is 23.1 Å². The Bertz CT molecular complexity index is 441. The van der Waals surface area contributed by atoms with Crippen molar-refractivity contribution in [3.8, 4) is 0 Å². The molecular formula is C14H18BrNOS. The fourth-order valence-corrected chi connectivity index (χ4v) is 3.25. The Hall–Kier alpha value is -0.480. The average Bonchev–Trinajstić information content (AvgIpc) is 2.38. The molecule has 18 heavy (non-hydrogen) atoms. The fraction of sp³-hybridized carbons (Fsp3) is 0.500. The maximum absolute atomic E-state index is 12.4. The summed E-state index contributed by atoms with van der Waals surface area (Å²) in [5.41, 5.74) is 0.705. The molecule has 98 valence electrons. The first-order chi connectivity index (χ1) is 8.61. The highest BCUT2D eigenvalue weighted by Gasteiger charge is 2.23. The number of nitrogens with zero attached hydrogens (tertiary/aromatic N) is 1. The highest BCUT2D eigenvalue weighted by atomic mass is 79.9. The number of amides is 1. The van der Waals surface area contributed by atoms with Gasteiger partial charge in [-0.05, 0) is 37.0 Å². The van der Waals surface area contributed by atoms with E-state index in [1.165, 1.54) is 6.42 Å². The van der Waals surface area contributed by atoms with Crippen LogP contribution < -0.4 is 0 Å². The molecule has 1 fully saturated rings. The van der Waals surface area contributed by atoms with Crippen LogP contribution >= 0.6 is 28.6 Å². The number of piperidine rings is 1. The van der Waals surface area contributed by atoms with Crippen LogP contribution in [0.25, 0.3) is 0 Å². The van der Waals surface area contributed by atoms with Gasteiger partial charge in [0.2, 0.25) is 0 Å². The molecule has 1 aliphatic heterocycles. The Labute approximate surface area is 122 Å². The topological polar surface area (TPSA) is 20.3 Å². The summed E-state index contributed by atoms with van der Waals surface area (Å²) < 4.78 is 0.953. The van der Waals surface area contributed by atoms with E-state index in [0.29, 0.717) is 5.56 Å². The minimum Gasteiger partial charge on any atom is -0.339 e. The van der Waals surface area contributed by atoms with E-state index in [-0.39, 0.29) is 5.91 Å². The van der Waals surface area contributed by atoms with Crippen molar-refractivity contribution >= 4 is 34.5 Å². The van der Waals surface area contributed by atoms with Crippen molar-refractivity contribution in [1.29, 1.82) is 0 Å². The predicted molar refractivity (Wildman–Crippen MR) is 80.3 cm³/mol. The van der Waals surface area contributed by atoms with Gasteiger partial charge in [0, 0.05) is 22.5 Å². The number of carbonyl (C=O) groups excluding carboxylic acids is 1. The summed E-state index contributed by atoms with van der Waals surface area (Å²) in [6.07, 6.45) is 3.47. The van der Waals surface area contributed by atoms with E-state index in [9.17, 15) is 4.79 Å². The summed E-state index contributed by atoms with van der Waals surface area (Å²) in [4.78, 5) is 15.1. The third-order valence-electron chi connectivity index (χ3n) is 3.67. The number of carbonyl (C=O) groups is 1. The quantitative estimate of drug-likeness (QED) is 0.814. The van der Waals surface area contributed by atoms with Crippen LogP contribution in [0.5, 0.6) is 0 Å². The summed E-state index contributed by atoms with van der Waals surface area (Å²) >= 11 is 7.77.